The number of aromatic hydroxyl groups is 1. The van der Waals surface area contributed by atoms with Crippen LogP contribution in [0.5, 0.6) is 11.5 Å². The molecule has 2 heterocycles. The first-order valence-electron chi connectivity index (χ1n) is 7.16. The van der Waals surface area contributed by atoms with Crippen LogP contribution < -0.4 is 16.1 Å². The van der Waals surface area contributed by atoms with E-state index in [2.05, 4.69) is 0 Å². The van der Waals surface area contributed by atoms with E-state index in [4.69, 9.17) is 14.9 Å². The minimum absolute atomic E-state index is 0.0115. The minimum atomic E-state index is -0.743. The SMILES string of the molecule is Cc1c(CC(N)=O)c(=O)oc2c(C=O)c(O)c3c(c12)CCCO3. The van der Waals surface area contributed by atoms with Gasteiger partial charge in [0.2, 0.25) is 5.91 Å². The van der Waals surface area contributed by atoms with Crippen LogP contribution >= 0.6 is 0 Å². The summed E-state index contributed by atoms with van der Waals surface area (Å²) in [5, 5.41) is 10.8. The number of aryl methyl sites for hydroxylation is 2. The Bertz CT molecular complexity index is 896. The number of amides is 1. The number of carbonyl (C=O) groups is 2. The van der Waals surface area contributed by atoms with Gasteiger partial charge in [0, 0.05) is 10.9 Å². The molecule has 0 fully saturated rings. The molecule has 3 N–H and O–H groups in total. The van der Waals surface area contributed by atoms with Gasteiger partial charge in [-0.1, -0.05) is 0 Å². The maximum atomic E-state index is 12.1. The van der Waals surface area contributed by atoms with E-state index in [0.717, 1.165) is 6.42 Å². The van der Waals surface area contributed by atoms with E-state index < -0.39 is 11.5 Å². The second-order valence-electron chi connectivity index (χ2n) is 5.48. The van der Waals surface area contributed by atoms with Crippen LogP contribution in [0.4, 0.5) is 0 Å². The highest BCUT2D eigenvalue weighted by Gasteiger charge is 2.27. The fourth-order valence-electron chi connectivity index (χ4n) is 3.02. The van der Waals surface area contributed by atoms with Crippen LogP contribution in [0.15, 0.2) is 9.21 Å². The van der Waals surface area contributed by atoms with Crippen LogP contribution in [0.25, 0.3) is 11.0 Å². The van der Waals surface area contributed by atoms with E-state index in [-0.39, 0.29) is 34.6 Å². The van der Waals surface area contributed by atoms with Crippen molar-refractivity contribution in [2.75, 3.05) is 6.61 Å². The average Bonchev–Trinajstić information content (AvgIpc) is 2.51. The van der Waals surface area contributed by atoms with Gasteiger partial charge in [-0.3, -0.25) is 9.59 Å². The number of phenolic OH excluding ortho intramolecular Hbond substituents is 1. The Morgan fingerprint density at radius 1 is 1.43 bits per heavy atom. The van der Waals surface area contributed by atoms with Gasteiger partial charge in [-0.05, 0) is 25.3 Å². The maximum absolute atomic E-state index is 12.1. The summed E-state index contributed by atoms with van der Waals surface area (Å²) in [4.78, 5) is 34.7. The van der Waals surface area contributed by atoms with Gasteiger partial charge in [0.05, 0.1) is 18.6 Å². The Kier molecular flexibility index (Phi) is 3.55. The van der Waals surface area contributed by atoms with Gasteiger partial charge in [-0.2, -0.15) is 0 Å². The molecule has 1 amide bonds. The van der Waals surface area contributed by atoms with Crippen molar-refractivity contribution in [3.05, 3.63) is 32.7 Å². The number of phenols is 1. The lowest BCUT2D eigenvalue weighted by Gasteiger charge is -2.22. The fourth-order valence-corrected chi connectivity index (χ4v) is 3.02. The predicted octanol–water partition coefficient (Wildman–Crippen LogP) is 0.972. The second kappa shape index (κ2) is 5.42. The first-order chi connectivity index (χ1) is 11.0. The molecule has 23 heavy (non-hydrogen) atoms. The molecule has 2 aromatic rings. The van der Waals surface area contributed by atoms with Crippen molar-refractivity contribution in [1.82, 2.24) is 0 Å². The number of aldehydes is 1. The molecule has 3 rings (SSSR count). The number of primary amides is 1. The molecule has 0 aliphatic carbocycles. The third-order valence-corrected chi connectivity index (χ3v) is 4.07. The van der Waals surface area contributed by atoms with Gasteiger partial charge >= 0.3 is 5.63 Å². The Balaban J connectivity index is 2.49. The molecule has 1 aromatic heterocycles. The number of carbonyl (C=O) groups excluding carboxylic acids is 2. The molecule has 1 aromatic carbocycles. The van der Waals surface area contributed by atoms with E-state index >= 15 is 0 Å². The molecular formula is C16H15NO6. The quantitative estimate of drug-likeness (QED) is 0.643. The number of fused-ring (bicyclic) bond motifs is 3. The van der Waals surface area contributed by atoms with Crippen molar-refractivity contribution in [2.24, 2.45) is 5.73 Å². The predicted molar refractivity (Wildman–Crippen MR) is 81.0 cm³/mol. The van der Waals surface area contributed by atoms with Crippen molar-refractivity contribution in [3.63, 3.8) is 0 Å². The molecule has 0 saturated carbocycles. The van der Waals surface area contributed by atoms with Gasteiger partial charge in [0.25, 0.3) is 0 Å². The van der Waals surface area contributed by atoms with Crippen molar-refractivity contribution in [2.45, 2.75) is 26.2 Å². The van der Waals surface area contributed by atoms with Crippen LogP contribution in [-0.2, 0) is 17.6 Å². The third-order valence-electron chi connectivity index (χ3n) is 4.07. The molecule has 0 radical (unpaired) electrons. The molecule has 1 aliphatic heterocycles. The largest absolute Gasteiger partial charge is 0.504 e. The molecule has 0 unspecified atom stereocenters. The van der Waals surface area contributed by atoms with Crippen molar-refractivity contribution in [1.29, 1.82) is 0 Å². The number of rotatable bonds is 3. The van der Waals surface area contributed by atoms with Crippen molar-refractivity contribution < 1.29 is 23.8 Å². The highest BCUT2D eigenvalue weighted by molar-refractivity contribution is 6.02. The Morgan fingerprint density at radius 2 is 2.17 bits per heavy atom. The zero-order chi connectivity index (χ0) is 16.7. The average molecular weight is 317 g/mol. The first-order valence-corrected chi connectivity index (χ1v) is 7.16. The number of benzene rings is 1. The van der Waals surface area contributed by atoms with Crippen LogP contribution in [0.1, 0.15) is 33.5 Å². The molecule has 0 bridgehead atoms. The summed E-state index contributed by atoms with van der Waals surface area (Å²) in [6.07, 6.45) is 1.50. The molecule has 120 valence electrons. The monoisotopic (exact) mass is 317 g/mol. The van der Waals surface area contributed by atoms with Gasteiger partial charge in [0.1, 0.15) is 5.56 Å². The molecule has 7 heteroatoms. The minimum Gasteiger partial charge on any atom is -0.504 e. The lowest BCUT2D eigenvalue weighted by molar-refractivity contribution is -0.117. The summed E-state index contributed by atoms with van der Waals surface area (Å²) >= 11 is 0. The lowest BCUT2D eigenvalue weighted by atomic mass is 9.92. The van der Waals surface area contributed by atoms with Crippen LogP contribution in [0.2, 0.25) is 0 Å². The van der Waals surface area contributed by atoms with E-state index in [1.807, 2.05) is 0 Å². The Morgan fingerprint density at radius 3 is 2.83 bits per heavy atom. The van der Waals surface area contributed by atoms with Crippen LogP contribution in [0, 0.1) is 6.92 Å². The van der Waals surface area contributed by atoms with E-state index in [0.29, 0.717) is 35.8 Å². The summed E-state index contributed by atoms with van der Waals surface area (Å²) in [7, 11) is 0. The van der Waals surface area contributed by atoms with Crippen molar-refractivity contribution in [3.8, 4) is 11.5 Å². The highest BCUT2D eigenvalue weighted by Crippen LogP contribution is 2.43. The number of nitrogens with two attached hydrogens (primary N) is 1. The summed E-state index contributed by atoms with van der Waals surface area (Å²) in [6.45, 7) is 2.09. The zero-order valence-electron chi connectivity index (χ0n) is 12.5. The normalized spacial score (nSPS) is 13.4. The van der Waals surface area contributed by atoms with Gasteiger partial charge in [0.15, 0.2) is 23.4 Å². The molecular weight excluding hydrogens is 302 g/mol. The smallest absolute Gasteiger partial charge is 0.340 e. The highest BCUT2D eigenvalue weighted by atomic mass is 16.5. The zero-order valence-corrected chi connectivity index (χ0v) is 12.5. The third kappa shape index (κ3) is 2.25. The molecule has 0 saturated heterocycles. The number of hydrogen-bond donors (Lipinski definition) is 2. The molecule has 0 spiro atoms. The van der Waals surface area contributed by atoms with E-state index in [1.165, 1.54) is 0 Å². The fraction of sp³-hybridized carbons (Fsp3) is 0.312. The van der Waals surface area contributed by atoms with Gasteiger partial charge in [-0.25, -0.2) is 4.79 Å². The van der Waals surface area contributed by atoms with E-state index in [9.17, 15) is 19.5 Å². The Labute approximate surface area is 130 Å². The molecule has 1 aliphatic rings. The van der Waals surface area contributed by atoms with Crippen molar-refractivity contribution >= 4 is 23.2 Å². The summed E-state index contributed by atoms with van der Waals surface area (Å²) in [6, 6.07) is 0. The summed E-state index contributed by atoms with van der Waals surface area (Å²) in [5.74, 6) is -0.750. The lowest BCUT2D eigenvalue weighted by Crippen LogP contribution is -2.21. The molecule has 0 atom stereocenters. The second-order valence-corrected chi connectivity index (χ2v) is 5.48. The van der Waals surface area contributed by atoms with Gasteiger partial charge < -0.3 is 20.0 Å². The first kappa shape index (κ1) is 15.1. The van der Waals surface area contributed by atoms with Crippen LogP contribution in [-0.4, -0.2) is 23.9 Å². The van der Waals surface area contributed by atoms with E-state index in [1.54, 1.807) is 6.92 Å². The topological polar surface area (TPSA) is 120 Å². The van der Waals surface area contributed by atoms with Crippen LogP contribution in [0.3, 0.4) is 0 Å². The van der Waals surface area contributed by atoms with Gasteiger partial charge in [-0.15, -0.1) is 0 Å². The Hall–Kier alpha value is -2.83. The maximum Gasteiger partial charge on any atom is 0.340 e. The number of hydrogen-bond acceptors (Lipinski definition) is 6. The number of ether oxygens (including phenoxy) is 1. The summed E-state index contributed by atoms with van der Waals surface area (Å²) < 4.78 is 10.7. The standard InChI is InChI=1S/C16H15NO6/c1-7-9(5-11(17)19)16(21)23-14-10(6-18)13(20)15-8(12(7)14)3-2-4-22-15/h6,20H,2-5H2,1H3,(H2,17,19). The summed E-state index contributed by atoms with van der Waals surface area (Å²) in [5.41, 5.74) is 5.65. The molecule has 7 nitrogen and oxygen atoms in total.